The third kappa shape index (κ3) is 5.06. The van der Waals surface area contributed by atoms with E-state index in [0.717, 1.165) is 0 Å². The number of hydrogen-bond acceptors (Lipinski definition) is 5. The highest BCUT2D eigenvalue weighted by Gasteiger charge is 2.33. The first kappa shape index (κ1) is 17.5. The van der Waals surface area contributed by atoms with E-state index < -0.39 is 0 Å². The van der Waals surface area contributed by atoms with Gasteiger partial charge < -0.3 is 14.8 Å². The predicted molar refractivity (Wildman–Crippen MR) is 77.0 cm³/mol. The molecule has 0 radical (unpaired) electrons. The predicted octanol–water partition coefficient (Wildman–Crippen LogP) is 2.65. The quantitative estimate of drug-likeness (QED) is 0.326. The van der Waals surface area contributed by atoms with Gasteiger partial charge in [0.15, 0.2) is 0 Å². The van der Waals surface area contributed by atoms with Gasteiger partial charge in [0.2, 0.25) is 5.28 Å². The molecule has 122 valence electrons. The van der Waals surface area contributed by atoms with Crippen LogP contribution in [0.15, 0.2) is 5.28 Å². The van der Waals surface area contributed by atoms with E-state index in [9.17, 15) is 10.0 Å². The number of esters is 1. The number of rotatable bonds is 6. The molecule has 0 amide bonds. The van der Waals surface area contributed by atoms with Crippen LogP contribution < -0.4 is 0 Å². The third-order valence-electron chi connectivity index (χ3n) is 3.55. The summed E-state index contributed by atoms with van der Waals surface area (Å²) in [6.45, 7) is 10.4. The Morgan fingerprint density at radius 3 is 2.57 bits per heavy atom. The molecule has 0 aliphatic heterocycles. The van der Waals surface area contributed by atoms with Gasteiger partial charge in [-0.15, -0.1) is 5.01 Å². The van der Waals surface area contributed by atoms with E-state index in [1.54, 1.807) is 11.9 Å². The number of hydrazine groups is 1. The van der Waals surface area contributed by atoms with Crippen LogP contribution in [0, 0.1) is 11.1 Å². The van der Waals surface area contributed by atoms with Crippen molar-refractivity contribution in [2.24, 2.45) is 11.2 Å². The van der Waals surface area contributed by atoms with E-state index in [2.05, 4.69) is 5.28 Å². The number of hydrogen-bond donors (Lipinski definition) is 0. The van der Waals surface area contributed by atoms with E-state index in [-0.39, 0.29) is 23.5 Å². The average molecular weight is 301 g/mol. The zero-order valence-electron chi connectivity index (χ0n) is 13.7. The summed E-state index contributed by atoms with van der Waals surface area (Å²) in [5.74, 6) is -0.331. The largest absolute Gasteiger partial charge is 0.569 e. The van der Waals surface area contributed by atoms with Crippen molar-refractivity contribution in [3.05, 3.63) is 5.21 Å². The second-order valence-electron chi connectivity index (χ2n) is 6.21. The Morgan fingerprint density at radius 1 is 1.38 bits per heavy atom. The van der Waals surface area contributed by atoms with Crippen molar-refractivity contribution >= 4 is 5.97 Å². The first-order chi connectivity index (χ1) is 9.79. The SMILES string of the molecule is CCOC(=O)[C@@H]1CC[C@@H](O/N=[N+](/[O-])N(CC)C(C)(C)C)C1. The summed E-state index contributed by atoms with van der Waals surface area (Å²) in [6, 6.07) is 0. The highest BCUT2D eigenvalue weighted by molar-refractivity contribution is 5.72. The van der Waals surface area contributed by atoms with Gasteiger partial charge in [0.05, 0.1) is 29.6 Å². The van der Waals surface area contributed by atoms with Crippen molar-refractivity contribution in [3.8, 4) is 0 Å². The molecular weight excluding hydrogens is 274 g/mol. The first-order valence-electron chi connectivity index (χ1n) is 7.57. The second kappa shape index (κ2) is 7.47. The molecule has 0 aromatic heterocycles. The van der Waals surface area contributed by atoms with Gasteiger partial charge in [0, 0.05) is 6.42 Å². The Kier molecular flexibility index (Phi) is 6.23. The summed E-state index contributed by atoms with van der Waals surface area (Å²) >= 11 is 0. The zero-order valence-corrected chi connectivity index (χ0v) is 13.7. The van der Waals surface area contributed by atoms with Gasteiger partial charge in [-0.3, -0.25) is 4.79 Å². The van der Waals surface area contributed by atoms with Crippen LogP contribution in [0.3, 0.4) is 0 Å². The summed E-state index contributed by atoms with van der Waals surface area (Å²) < 4.78 is 4.99. The van der Waals surface area contributed by atoms with Gasteiger partial charge in [-0.2, -0.15) is 0 Å². The topological polar surface area (TPSA) is 77.2 Å². The molecule has 1 fully saturated rings. The highest BCUT2D eigenvalue weighted by Crippen LogP contribution is 2.29. The minimum absolute atomic E-state index is 0.143. The lowest BCUT2D eigenvalue weighted by molar-refractivity contribution is -0.725. The standard InChI is InChI=1S/C14H27N3O4/c1-6-16(14(3,4)5)17(19)15-21-12-9-8-11(10-12)13(18)20-7-2/h11-12H,6-10H2,1-5H3/b17-15+/t11-,12-/m1/s1. The lowest BCUT2D eigenvalue weighted by Gasteiger charge is -2.29. The van der Waals surface area contributed by atoms with Crippen LogP contribution >= 0.6 is 0 Å². The van der Waals surface area contributed by atoms with Crippen LogP contribution in [-0.2, 0) is 14.4 Å². The van der Waals surface area contributed by atoms with Crippen LogP contribution in [0.1, 0.15) is 53.9 Å². The van der Waals surface area contributed by atoms with Crippen molar-refractivity contribution in [2.75, 3.05) is 13.2 Å². The molecule has 0 spiro atoms. The van der Waals surface area contributed by atoms with Crippen molar-refractivity contribution in [3.63, 3.8) is 0 Å². The Morgan fingerprint density at radius 2 is 2.05 bits per heavy atom. The van der Waals surface area contributed by atoms with Gasteiger partial charge >= 0.3 is 5.97 Å². The molecule has 2 atom stereocenters. The molecule has 1 aliphatic carbocycles. The number of carbonyl (C=O) groups is 1. The maximum absolute atomic E-state index is 12.0. The van der Waals surface area contributed by atoms with E-state index in [1.165, 1.54) is 0 Å². The van der Waals surface area contributed by atoms with Gasteiger partial charge in [0.1, 0.15) is 6.10 Å². The molecule has 0 aromatic rings. The minimum atomic E-state index is -0.327. The van der Waals surface area contributed by atoms with Crippen molar-refractivity contribution in [1.82, 2.24) is 5.01 Å². The Bertz CT molecular complexity index is 379. The van der Waals surface area contributed by atoms with Gasteiger partial charge in [0.25, 0.3) is 0 Å². The minimum Gasteiger partial charge on any atom is -0.569 e. The number of ether oxygens (including phenoxy) is 1. The van der Waals surface area contributed by atoms with Gasteiger partial charge in [-0.1, -0.05) is 0 Å². The van der Waals surface area contributed by atoms with E-state index >= 15 is 0 Å². The van der Waals surface area contributed by atoms with Crippen LogP contribution in [-0.4, -0.2) is 40.7 Å². The molecule has 1 aliphatic rings. The zero-order chi connectivity index (χ0) is 16.0. The molecule has 21 heavy (non-hydrogen) atoms. The molecule has 7 nitrogen and oxygen atoms in total. The van der Waals surface area contributed by atoms with Crippen molar-refractivity contribution in [2.45, 2.75) is 65.5 Å². The Balaban J connectivity index is 2.52. The Hall–Kier alpha value is -1.53. The number of nitrogens with zero attached hydrogens (tertiary/aromatic N) is 3. The van der Waals surface area contributed by atoms with Gasteiger partial charge in [-0.25, -0.2) is 0 Å². The normalized spacial score (nSPS) is 23.0. The lowest BCUT2D eigenvalue weighted by Crippen LogP contribution is -2.45. The molecule has 7 heteroatoms. The maximum Gasteiger partial charge on any atom is 0.309 e. The van der Waals surface area contributed by atoms with Crippen molar-refractivity contribution < 1.29 is 19.3 Å². The molecule has 0 heterocycles. The van der Waals surface area contributed by atoms with Crippen LogP contribution in [0.4, 0.5) is 0 Å². The van der Waals surface area contributed by atoms with Crippen molar-refractivity contribution in [1.29, 1.82) is 0 Å². The van der Waals surface area contributed by atoms with Crippen LogP contribution in [0.2, 0.25) is 0 Å². The fraction of sp³-hybridized carbons (Fsp3) is 0.929. The molecule has 1 saturated carbocycles. The van der Waals surface area contributed by atoms with E-state index in [1.807, 2.05) is 27.7 Å². The molecule has 0 N–H and O–H groups in total. The fourth-order valence-electron chi connectivity index (χ4n) is 2.51. The molecule has 0 aromatic carbocycles. The molecular formula is C14H27N3O4. The highest BCUT2D eigenvalue weighted by atomic mass is 16.7. The molecule has 1 rings (SSSR count). The smallest absolute Gasteiger partial charge is 0.309 e. The van der Waals surface area contributed by atoms with Crippen LogP contribution in [0.5, 0.6) is 0 Å². The Labute approximate surface area is 126 Å². The first-order valence-corrected chi connectivity index (χ1v) is 7.57. The summed E-state index contributed by atoms with van der Waals surface area (Å²) in [7, 11) is 0. The number of carbonyl (C=O) groups excluding carboxylic acids is 1. The summed E-state index contributed by atoms with van der Waals surface area (Å²) in [5.41, 5.74) is -0.327. The average Bonchev–Trinajstić information content (AvgIpc) is 2.84. The third-order valence-corrected chi connectivity index (χ3v) is 3.55. The maximum atomic E-state index is 12.0. The summed E-state index contributed by atoms with van der Waals surface area (Å²) in [6.07, 6.45) is 1.78. The summed E-state index contributed by atoms with van der Waals surface area (Å²) in [4.78, 5) is 17.4. The molecule has 0 saturated heterocycles. The lowest BCUT2D eigenvalue weighted by atomic mass is 10.1. The molecule has 0 bridgehead atoms. The fourth-order valence-corrected chi connectivity index (χ4v) is 2.51. The van der Waals surface area contributed by atoms with Gasteiger partial charge in [-0.05, 0) is 47.5 Å². The van der Waals surface area contributed by atoms with Crippen LogP contribution in [0.25, 0.3) is 0 Å². The second-order valence-corrected chi connectivity index (χ2v) is 6.21. The van der Waals surface area contributed by atoms with E-state index in [0.29, 0.717) is 37.4 Å². The van der Waals surface area contributed by atoms with E-state index in [4.69, 9.17) is 9.57 Å². The monoisotopic (exact) mass is 301 g/mol. The summed E-state index contributed by atoms with van der Waals surface area (Å²) in [5, 5.41) is 17.2. The molecule has 0 unspecified atom stereocenters.